The minimum Gasteiger partial charge on any atom is -0.497 e. The molecular formula is C29H29Cl2N5O3. The largest absolute Gasteiger partial charge is 0.497 e. The Kier molecular flexibility index (Phi) is 9.11. The topological polar surface area (TPSA) is 88.5 Å². The van der Waals surface area contributed by atoms with Gasteiger partial charge in [0.1, 0.15) is 18.1 Å². The van der Waals surface area contributed by atoms with Gasteiger partial charge in [-0.2, -0.15) is 5.10 Å². The Morgan fingerprint density at radius 2 is 1.72 bits per heavy atom. The molecule has 0 saturated heterocycles. The van der Waals surface area contributed by atoms with Gasteiger partial charge in [-0.3, -0.25) is 4.79 Å². The minimum absolute atomic E-state index is 0.175. The van der Waals surface area contributed by atoms with Crippen molar-refractivity contribution in [3.63, 3.8) is 0 Å². The molecule has 0 unspecified atom stereocenters. The third kappa shape index (κ3) is 6.71. The number of halogens is 2. The number of amides is 3. The Labute approximate surface area is 237 Å². The molecule has 0 radical (unpaired) electrons. The molecule has 3 amide bonds. The van der Waals surface area contributed by atoms with E-state index >= 15 is 0 Å². The maximum atomic E-state index is 13.4. The lowest BCUT2D eigenvalue weighted by Gasteiger charge is -2.23. The normalized spacial score (nSPS) is 10.7. The number of aryl methyl sites for hydroxylation is 1. The molecule has 1 aromatic heterocycles. The zero-order valence-electron chi connectivity index (χ0n) is 21.9. The van der Waals surface area contributed by atoms with Gasteiger partial charge in [-0.1, -0.05) is 60.5 Å². The third-order valence-electron chi connectivity index (χ3n) is 5.99. The van der Waals surface area contributed by atoms with Crippen LogP contribution in [0.4, 0.5) is 16.3 Å². The molecule has 0 spiro atoms. The van der Waals surface area contributed by atoms with Gasteiger partial charge in [-0.25, -0.2) is 9.48 Å². The van der Waals surface area contributed by atoms with Crippen LogP contribution >= 0.6 is 23.2 Å². The van der Waals surface area contributed by atoms with Crippen molar-refractivity contribution in [2.45, 2.75) is 20.3 Å². The molecular weight excluding hydrogens is 537 g/mol. The molecule has 0 aliphatic heterocycles. The van der Waals surface area contributed by atoms with Gasteiger partial charge >= 0.3 is 6.03 Å². The molecule has 0 bridgehead atoms. The molecule has 0 atom stereocenters. The van der Waals surface area contributed by atoms with Gasteiger partial charge in [0, 0.05) is 17.1 Å². The van der Waals surface area contributed by atoms with Crippen molar-refractivity contribution < 1.29 is 14.3 Å². The first-order valence-corrected chi connectivity index (χ1v) is 13.2. The average Bonchev–Trinajstić information content (AvgIpc) is 3.25. The van der Waals surface area contributed by atoms with Crippen LogP contribution in [0.1, 0.15) is 19.0 Å². The number of nitrogens with zero attached hydrogens (tertiary/aromatic N) is 3. The number of hydrogen-bond acceptors (Lipinski definition) is 4. The van der Waals surface area contributed by atoms with E-state index in [1.807, 2.05) is 68.4 Å². The van der Waals surface area contributed by atoms with Crippen molar-refractivity contribution in [3.05, 3.63) is 88.5 Å². The second kappa shape index (κ2) is 12.7. The Morgan fingerprint density at radius 1 is 1.00 bits per heavy atom. The quantitative estimate of drug-likeness (QED) is 0.227. The average molecular weight is 566 g/mol. The highest BCUT2D eigenvalue weighted by molar-refractivity contribution is 6.36. The lowest BCUT2D eigenvalue weighted by molar-refractivity contribution is -0.116. The first-order valence-electron chi connectivity index (χ1n) is 12.4. The fraction of sp³-hybridized carbons (Fsp3) is 0.207. The summed E-state index contributed by atoms with van der Waals surface area (Å²) in [5, 5.41) is 11.3. The molecule has 3 aromatic carbocycles. The fourth-order valence-corrected chi connectivity index (χ4v) is 4.61. The number of rotatable bonds is 9. The molecule has 4 aromatic rings. The first kappa shape index (κ1) is 28.0. The predicted octanol–water partition coefficient (Wildman–Crippen LogP) is 7.05. The van der Waals surface area contributed by atoms with Gasteiger partial charge in [-0.15, -0.1) is 0 Å². The van der Waals surface area contributed by atoms with Crippen LogP contribution < -0.4 is 15.4 Å². The molecule has 0 saturated carbocycles. The summed E-state index contributed by atoms with van der Waals surface area (Å²) in [6.07, 6.45) is 0.660. The van der Waals surface area contributed by atoms with E-state index in [2.05, 4.69) is 10.6 Å². The SMILES string of the molecule is CCCN(CC(=O)Nc1c(-c2ccccc2)c(C)nn1-c1ccc(OC)cc1)C(=O)Nc1ccc(Cl)cc1Cl. The Morgan fingerprint density at radius 3 is 2.36 bits per heavy atom. The molecule has 1 heterocycles. The van der Waals surface area contributed by atoms with Gasteiger partial charge in [-0.05, 0) is 61.4 Å². The van der Waals surface area contributed by atoms with Crippen LogP contribution in [0.25, 0.3) is 16.8 Å². The summed E-state index contributed by atoms with van der Waals surface area (Å²) < 4.78 is 6.97. The van der Waals surface area contributed by atoms with Gasteiger partial charge in [0.2, 0.25) is 5.91 Å². The molecule has 10 heteroatoms. The van der Waals surface area contributed by atoms with E-state index in [0.29, 0.717) is 40.3 Å². The molecule has 0 aliphatic carbocycles. The fourth-order valence-electron chi connectivity index (χ4n) is 4.16. The molecule has 202 valence electrons. The first-order chi connectivity index (χ1) is 18.8. The number of nitrogens with one attached hydrogen (secondary N) is 2. The third-order valence-corrected chi connectivity index (χ3v) is 6.53. The van der Waals surface area contributed by atoms with Crippen LogP contribution in [0.15, 0.2) is 72.8 Å². The Hall–Kier alpha value is -4.01. The molecule has 39 heavy (non-hydrogen) atoms. The highest BCUT2D eigenvalue weighted by Gasteiger charge is 2.23. The highest BCUT2D eigenvalue weighted by atomic mass is 35.5. The van der Waals surface area contributed by atoms with E-state index in [0.717, 1.165) is 22.5 Å². The lowest BCUT2D eigenvalue weighted by Crippen LogP contribution is -2.41. The maximum absolute atomic E-state index is 13.4. The van der Waals surface area contributed by atoms with Gasteiger partial charge in [0.15, 0.2) is 0 Å². The number of aromatic nitrogens is 2. The summed E-state index contributed by atoms with van der Waals surface area (Å²) in [7, 11) is 1.60. The zero-order valence-corrected chi connectivity index (χ0v) is 23.4. The lowest BCUT2D eigenvalue weighted by atomic mass is 10.1. The summed E-state index contributed by atoms with van der Waals surface area (Å²) in [6, 6.07) is 21.5. The maximum Gasteiger partial charge on any atom is 0.322 e. The smallest absolute Gasteiger partial charge is 0.322 e. The summed E-state index contributed by atoms with van der Waals surface area (Å²) in [5.41, 5.74) is 3.60. The Bertz CT molecular complexity index is 1460. The van der Waals surface area contributed by atoms with E-state index < -0.39 is 6.03 Å². The van der Waals surface area contributed by atoms with Crippen LogP contribution in [0.3, 0.4) is 0 Å². The van der Waals surface area contributed by atoms with Crippen molar-refractivity contribution in [2.24, 2.45) is 0 Å². The molecule has 8 nitrogen and oxygen atoms in total. The van der Waals surface area contributed by atoms with E-state index in [9.17, 15) is 9.59 Å². The van der Waals surface area contributed by atoms with E-state index in [1.165, 1.54) is 4.90 Å². The van der Waals surface area contributed by atoms with E-state index in [4.69, 9.17) is 33.0 Å². The van der Waals surface area contributed by atoms with Crippen LogP contribution in [0.2, 0.25) is 10.0 Å². The van der Waals surface area contributed by atoms with Crippen LogP contribution in [0, 0.1) is 6.92 Å². The second-order valence-corrected chi connectivity index (χ2v) is 9.65. The van der Waals surface area contributed by atoms with Crippen molar-refractivity contribution >= 4 is 46.6 Å². The van der Waals surface area contributed by atoms with Gasteiger partial charge in [0.05, 0.1) is 29.2 Å². The van der Waals surface area contributed by atoms with Crippen molar-refractivity contribution in [1.82, 2.24) is 14.7 Å². The van der Waals surface area contributed by atoms with Crippen LogP contribution in [0.5, 0.6) is 5.75 Å². The van der Waals surface area contributed by atoms with Crippen molar-refractivity contribution in [1.29, 1.82) is 0 Å². The van der Waals surface area contributed by atoms with E-state index in [-0.39, 0.29) is 12.5 Å². The monoisotopic (exact) mass is 565 g/mol. The Balaban J connectivity index is 1.62. The number of methoxy groups -OCH3 is 1. The summed E-state index contributed by atoms with van der Waals surface area (Å²) in [5.74, 6) is 0.845. The number of carbonyl (C=O) groups is 2. The summed E-state index contributed by atoms with van der Waals surface area (Å²) in [6.45, 7) is 4.02. The van der Waals surface area contributed by atoms with Gasteiger partial charge < -0.3 is 20.3 Å². The zero-order chi connectivity index (χ0) is 27.9. The molecule has 0 aliphatic rings. The molecule has 2 N–H and O–H groups in total. The predicted molar refractivity (Wildman–Crippen MR) is 156 cm³/mol. The van der Waals surface area contributed by atoms with Crippen molar-refractivity contribution in [2.75, 3.05) is 30.8 Å². The highest BCUT2D eigenvalue weighted by Crippen LogP contribution is 2.34. The van der Waals surface area contributed by atoms with Crippen LogP contribution in [-0.2, 0) is 4.79 Å². The summed E-state index contributed by atoms with van der Waals surface area (Å²) in [4.78, 5) is 27.9. The number of ether oxygens (including phenoxy) is 1. The summed E-state index contributed by atoms with van der Waals surface area (Å²) >= 11 is 12.2. The number of carbonyl (C=O) groups excluding carboxylic acids is 2. The number of anilines is 2. The number of urea groups is 1. The number of benzene rings is 3. The minimum atomic E-state index is -0.445. The van der Waals surface area contributed by atoms with E-state index in [1.54, 1.807) is 30.0 Å². The molecule has 0 fully saturated rings. The van der Waals surface area contributed by atoms with Crippen molar-refractivity contribution in [3.8, 4) is 22.6 Å². The van der Waals surface area contributed by atoms with Gasteiger partial charge in [0.25, 0.3) is 0 Å². The standard InChI is InChI=1S/C29H29Cl2N5O3/c1-4-16-35(29(38)32-25-15-10-21(30)17-24(25)31)18-26(37)33-28-27(20-8-6-5-7-9-20)19(2)34-36(28)22-11-13-23(39-3)14-12-22/h5-15,17H,4,16,18H2,1-3H3,(H,32,38)(H,33,37). The number of hydrogen-bond donors (Lipinski definition) is 2. The second-order valence-electron chi connectivity index (χ2n) is 8.81. The molecule has 4 rings (SSSR count). The van der Waals surface area contributed by atoms with Crippen LogP contribution in [-0.4, -0.2) is 46.8 Å².